The number of carbonyl (C=O) groups is 1. The predicted octanol–water partition coefficient (Wildman–Crippen LogP) is 3.80. The van der Waals surface area contributed by atoms with Crippen LogP contribution in [0.3, 0.4) is 0 Å². The van der Waals surface area contributed by atoms with E-state index >= 15 is 0 Å². The lowest BCUT2D eigenvalue weighted by atomic mass is 9.80. The molecule has 1 aliphatic rings. The van der Waals surface area contributed by atoms with Gasteiger partial charge in [-0.15, -0.1) is 0 Å². The van der Waals surface area contributed by atoms with Gasteiger partial charge in [-0.25, -0.2) is 4.79 Å². The van der Waals surface area contributed by atoms with Gasteiger partial charge in [-0.2, -0.15) is 0 Å². The highest BCUT2D eigenvalue weighted by Crippen LogP contribution is 2.34. The summed E-state index contributed by atoms with van der Waals surface area (Å²) in [7, 11) is 0. The van der Waals surface area contributed by atoms with Crippen LogP contribution in [0.2, 0.25) is 0 Å². The van der Waals surface area contributed by atoms with Gasteiger partial charge >= 0.3 is 5.97 Å². The van der Waals surface area contributed by atoms with Gasteiger partial charge in [0.15, 0.2) is 0 Å². The monoisotopic (exact) mass is 295 g/mol. The van der Waals surface area contributed by atoms with E-state index in [9.17, 15) is 4.79 Å². The molecule has 0 bridgehead atoms. The van der Waals surface area contributed by atoms with Crippen LogP contribution in [0.25, 0.3) is 0 Å². The van der Waals surface area contributed by atoms with Crippen LogP contribution in [0.5, 0.6) is 0 Å². The second kappa shape index (κ2) is 6.32. The fraction of sp³-hybridized carbons (Fsp3) is 0.316. The number of benzene rings is 2. The number of carboxylic acids is 1. The molecule has 3 nitrogen and oxygen atoms in total. The van der Waals surface area contributed by atoms with Crippen molar-refractivity contribution in [2.24, 2.45) is 5.92 Å². The lowest BCUT2D eigenvalue weighted by Gasteiger charge is -2.32. The predicted molar refractivity (Wildman–Crippen MR) is 86.9 cm³/mol. The first-order chi connectivity index (χ1) is 10.6. The third kappa shape index (κ3) is 3.04. The number of fused-ring (bicyclic) bond motifs is 1. The lowest BCUT2D eigenvalue weighted by Crippen LogP contribution is -2.30. The van der Waals surface area contributed by atoms with Crippen molar-refractivity contribution in [1.82, 2.24) is 5.32 Å². The summed E-state index contributed by atoms with van der Waals surface area (Å²) in [5.41, 5.74) is 4.29. The van der Waals surface area contributed by atoms with Crippen LogP contribution in [0.1, 0.15) is 46.4 Å². The van der Waals surface area contributed by atoms with Gasteiger partial charge in [-0.05, 0) is 47.6 Å². The van der Waals surface area contributed by atoms with Gasteiger partial charge in [0.25, 0.3) is 0 Å². The fourth-order valence-corrected chi connectivity index (χ4v) is 3.23. The summed E-state index contributed by atoms with van der Waals surface area (Å²) in [6, 6.07) is 16.1. The van der Waals surface area contributed by atoms with Crippen LogP contribution < -0.4 is 5.32 Å². The van der Waals surface area contributed by atoms with Crippen molar-refractivity contribution in [3.8, 4) is 0 Å². The zero-order chi connectivity index (χ0) is 15.5. The van der Waals surface area contributed by atoms with Crippen LogP contribution in [0.15, 0.2) is 48.5 Å². The van der Waals surface area contributed by atoms with Crippen LogP contribution in [0.4, 0.5) is 0 Å². The standard InChI is InChI=1S/C19H21NO2/c1-13-6-9-15-4-2-3-5-17(15)18(13)20-12-14-7-10-16(11-8-14)19(21)22/h2-5,7-8,10-11,13,18,20H,6,9,12H2,1H3,(H,21,22). The first-order valence-electron chi connectivity index (χ1n) is 7.78. The summed E-state index contributed by atoms with van der Waals surface area (Å²) in [6.07, 6.45) is 2.36. The van der Waals surface area contributed by atoms with Gasteiger partial charge in [0.05, 0.1) is 5.56 Å². The van der Waals surface area contributed by atoms with Gasteiger partial charge in [0.1, 0.15) is 0 Å². The highest BCUT2D eigenvalue weighted by molar-refractivity contribution is 5.87. The molecule has 0 saturated carbocycles. The van der Waals surface area contributed by atoms with Crippen LogP contribution in [-0.4, -0.2) is 11.1 Å². The largest absolute Gasteiger partial charge is 0.478 e. The zero-order valence-corrected chi connectivity index (χ0v) is 12.8. The van der Waals surface area contributed by atoms with E-state index in [2.05, 4.69) is 36.5 Å². The van der Waals surface area contributed by atoms with E-state index in [1.165, 1.54) is 17.5 Å². The van der Waals surface area contributed by atoms with Crippen molar-refractivity contribution in [1.29, 1.82) is 0 Å². The quantitative estimate of drug-likeness (QED) is 0.902. The summed E-state index contributed by atoms with van der Waals surface area (Å²) < 4.78 is 0. The Morgan fingerprint density at radius 1 is 1.18 bits per heavy atom. The Labute approximate surface area is 131 Å². The average Bonchev–Trinajstić information content (AvgIpc) is 2.54. The minimum atomic E-state index is -0.880. The maximum atomic E-state index is 10.9. The summed E-state index contributed by atoms with van der Waals surface area (Å²) in [4.78, 5) is 10.9. The van der Waals surface area contributed by atoms with E-state index in [1.54, 1.807) is 12.1 Å². The molecule has 0 heterocycles. The SMILES string of the molecule is CC1CCc2ccccc2C1NCc1ccc(C(=O)O)cc1. The average molecular weight is 295 g/mol. The molecule has 0 amide bonds. The van der Waals surface area contributed by atoms with Crippen molar-refractivity contribution < 1.29 is 9.90 Å². The van der Waals surface area contributed by atoms with E-state index < -0.39 is 5.97 Å². The minimum absolute atomic E-state index is 0.333. The van der Waals surface area contributed by atoms with Gasteiger partial charge < -0.3 is 10.4 Å². The number of nitrogens with one attached hydrogen (secondary N) is 1. The minimum Gasteiger partial charge on any atom is -0.478 e. The molecule has 2 atom stereocenters. The second-order valence-corrected chi connectivity index (χ2v) is 6.08. The van der Waals surface area contributed by atoms with Gasteiger partial charge in [-0.1, -0.05) is 43.3 Å². The third-order valence-corrected chi connectivity index (χ3v) is 4.56. The Hall–Kier alpha value is -2.13. The second-order valence-electron chi connectivity index (χ2n) is 6.08. The van der Waals surface area contributed by atoms with Gasteiger partial charge in [0, 0.05) is 12.6 Å². The molecule has 22 heavy (non-hydrogen) atoms. The molecule has 0 radical (unpaired) electrons. The Bertz CT molecular complexity index is 663. The van der Waals surface area contributed by atoms with E-state index in [0.29, 0.717) is 17.5 Å². The molecule has 0 spiro atoms. The number of carboxylic acid groups (broad SMARTS) is 1. The molecule has 2 aromatic carbocycles. The van der Waals surface area contributed by atoms with E-state index in [0.717, 1.165) is 18.5 Å². The van der Waals surface area contributed by atoms with Crippen molar-refractivity contribution in [2.45, 2.75) is 32.4 Å². The number of hydrogen-bond acceptors (Lipinski definition) is 2. The number of rotatable bonds is 4. The molecular formula is C19H21NO2. The number of aryl methyl sites for hydroxylation is 1. The normalized spacial score (nSPS) is 20.4. The fourth-order valence-electron chi connectivity index (χ4n) is 3.23. The zero-order valence-electron chi connectivity index (χ0n) is 12.8. The summed E-state index contributed by atoms with van der Waals surface area (Å²) in [6.45, 7) is 3.05. The summed E-state index contributed by atoms with van der Waals surface area (Å²) in [5, 5.41) is 12.6. The molecule has 114 valence electrons. The Balaban J connectivity index is 1.72. The van der Waals surface area contributed by atoms with Crippen LogP contribution in [0, 0.1) is 5.92 Å². The number of hydrogen-bond donors (Lipinski definition) is 2. The molecule has 0 aromatic heterocycles. The summed E-state index contributed by atoms with van der Waals surface area (Å²) in [5.74, 6) is -0.275. The molecule has 0 aliphatic heterocycles. The molecule has 3 rings (SSSR count). The van der Waals surface area contributed by atoms with Crippen molar-refractivity contribution in [3.63, 3.8) is 0 Å². The molecule has 2 N–H and O–H groups in total. The first-order valence-corrected chi connectivity index (χ1v) is 7.78. The maximum Gasteiger partial charge on any atom is 0.335 e. The third-order valence-electron chi connectivity index (χ3n) is 4.56. The molecule has 2 aromatic rings. The maximum absolute atomic E-state index is 10.9. The molecule has 0 fully saturated rings. The highest BCUT2D eigenvalue weighted by Gasteiger charge is 2.25. The molecular weight excluding hydrogens is 274 g/mol. The lowest BCUT2D eigenvalue weighted by molar-refractivity contribution is 0.0697. The molecule has 3 heteroatoms. The van der Waals surface area contributed by atoms with E-state index in [-0.39, 0.29) is 0 Å². The Morgan fingerprint density at radius 2 is 1.91 bits per heavy atom. The Morgan fingerprint density at radius 3 is 2.64 bits per heavy atom. The van der Waals surface area contributed by atoms with E-state index in [1.807, 2.05) is 12.1 Å². The highest BCUT2D eigenvalue weighted by atomic mass is 16.4. The topological polar surface area (TPSA) is 49.3 Å². The van der Waals surface area contributed by atoms with Gasteiger partial charge in [0.2, 0.25) is 0 Å². The smallest absolute Gasteiger partial charge is 0.335 e. The molecule has 2 unspecified atom stereocenters. The summed E-state index contributed by atoms with van der Waals surface area (Å²) >= 11 is 0. The van der Waals surface area contributed by atoms with Crippen LogP contribution in [-0.2, 0) is 13.0 Å². The molecule has 0 saturated heterocycles. The Kier molecular flexibility index (Phi) is 4.25. The van der Waals surface area contributed by atoms with Crippen LogP contribution >= 0.6 is 0 Å². The van der Waals surface area contributed by atoms with E-state index in [4.69, 9.17) is 5.11 Å². The van der Waals surface area contributed by atoms with Crippen molar-refractivity contribution in [3.05, 3.63) is 70.8 Å². The van der Waals surface area contributed by atoms with Crippen molar-refractivity contribution in [2.75, 3.05) is 0 Å². The number of aromatic carboxylic acids is 1. The van der Waals surface area contributed by atoms with Gasteiger partial charge in [-0.3, -0.25) is 0 Å². The molecule has 1 aliphatic carbocycles. The first kappa shape index (κ1) is 14.8. The van der Waals surface area contributed by atoms with Crippen molar-refractivity contribution >= 4 is 5.97 Å².